The molecule has 2 fully saturated rings. The van der Waals surface area contributed by atoms with Crippen LogP contribution in [0, 0.1) is 11.6 Å². The van der Waals surface area contributed by atoms with Gasteiger partial charge in [-0.05, 0) is 31.2 Å². The fraction of sp³-hybridized carbons (Fsp3) is 0.500. The topological polar surface area (TPSA) is 99.5 Å². The number of benzene rings is 1. The molecule has 1 N–H and O–H groups in total. The number of nitrogens with zero attached hydrogens (tertiary/aromatic N) is 7. The Morgan fingerprint density at radius 2 is 1.72 bits per heavy atom. The van der Waals surface area contributed by atoms with Crippen molar-refractivity contribution in [3.05, 3.63) is 53.6 Å². The van der Waals surface area contributed by atoms with E-state index in [1.54, 1.807) is 0 Å². The van der Waals surface area contributed by atoms with Crippen molar-refractivity contribution in [3.63, 3.8) is 0 Å². The summed E-state index contributed by atoms with van der Waals surface area (Å²) >= 11 is 0. The van der Waals surface area contributed by atoms with Crippen molar-refractivity contribution in [1.82, 2.24) is 33.6 Å². The first-order valence-corrected chi connectivity index (χ1v) is 15.3. The third-order valence-electron chi connectivity index (χ3n) is 7.54. The molecule has 0 aliphatic carbocycles. The van der Waals surface area contributed by atoms with Crippen molar-refractivity contribution in [3.8, 4) is 17.1 Å². The Balaban J connectivity index is 1.39. The van der Waals surface area contributed by atoms with Crippen LogP contribution in [0.15, 0.2) is 30.9 Å². The number of rotatable bonds is 7. The Labute approximate surface area is 244 Å². The number of aromatic nitrogens is 4. The normalized spacial score (nSPS) is 21.3. The molecule has 2 aromatic heterocycles. The molecule has 0 bridgehead atoms. The minimum atomic E-state index is -4.90. The van der Waals surface area contributed by atoms with Gasteiger partial charge in [-0.15, -0.1) is 0 Å². The lowest BCUT2D eigenvalue weighted by Gasteiger charge is -2.33. The summed E-state index contributed by atoms with van der Waals surface area (Å²) in [6.07, 6.45) is -3.09. The van der Waals surface area contributed by atoms with E-state index in [0.29, 0.717) is 18.3 Å². The third-order valence-corrected chi connectivity index (χ3v) is 8.81. The Kier molecular flexibility index (Phi) is 8.70. The number of piperidine rings is 1. The van der Waals surface area contributed by atoms with Gasteiger partial charge in [-0.25, -0.2) is 36.5 Å². The molecule has 1 aromatic carbocycles. The first-order chi connectivity index (χ1) is 20.2. The lowest BCUT2D eigenvalue weighted by Crippen LogP contribution is -2.49. The first kappa shape index (κ1) is 31.2. The molecule has 0 amide bonds. The molecule has 4 heterocycles. The minimum Gasteiger partial charge on any atom is -0.348 e. The van der Waals surface area contributed by atoms with E-state index in [-0.39, 0.29) is 24.6 Å². The second kappa shape index (κ2) is 12.0. The van der Waals surface area contributed by atoms with Gasteiger partial charge in [0.05, 0.1) is 12.3 Å². The predicted molar refractivity (Wildman–Crippen MR) is 146 cm³/mol. The number of imidazole rings is 1. The lowest BCUT2D eigenvalue weighted by atomic mass is 10.1. The maximum absolute atomic E-state index is 15.1. The summed E-state index contributed by atoms with van der Waals surface area (Å²) in [5.41, 5.74) is -2.37. The molecule has 0 unspecified atom stereocenters. The summed E-state index contributed by atoms with van der Waals surface area (Å²) in [4.78, 5) is 15.8. The van der Waals surface area contributed by atoms with E-state index in [0.717, 1.165) is 53.8 Å². The number of hydrogen-bond donors (Lipinski definition) is 1. The van der Waals surface area contributed by atoms with E-state index < -0.39 is 63.5 Å². The van der Waals surface area contributed by atoms with Crippen molar-refractivity contribution in [2.24, 2.45) is 0 Å². The minimum absolute atomic E-state index is 0.000110. The standard InChI is InChI=1S/C26H30F6N8O2S/c1-37-5-7-38(8-6-37)12-16-9-18(27)24(19(28)10-16)39-14-22(34-15-39)23-17(26(30,31)32)11-33-25(36-23)35-21-3-4-40(13-20(21)29)43(2,41)42/h9-11,14-15,20-21H,3-8,12-13H2,1-2H3,(H,33,35,36)/t20-,21+/m1/s1. The van der Waals surface area contributed by atoms with Gasteiger partial charge < -0.3 is 14.8 Å². The molecule has 10 nitrogen and oxygen atoms in total. The van der Waals surface area contributed by atoms with Crippen LogP contribution in [0.4, 0.5) is 32.3 Å². The third kappa shape index (κ3) is 7.11. The van der Waals surface area contributed by atoms with Gasteiger partial charge in [-0.2, -0.15) is 17.5 Å². The largest absolute Gasteiger partial charge is 0.420 e. The highest BCUT2D eigenvalue weighted by atomic mass is 32.2. The second-order valence-corrected chi connectivity index (χ2v) is 12.8. The molecule has 5 rings (SSSR count). The zero-order valence-electron chi connectivity index (χ0n) is 23.3. The molecule has 0 saturated carbocycles. The van der Waals surface area contributed by atoms with Gasteiger partial charge >= 0.3 is 6.18 Å². The van der Waals surface area contributed by atoms with Gasteiger partial charge in [0.25, 0.3) is 0 Å². The number of anilines is 1. The Hall–Kier alpha value is -3.28. The molecule has 2 aliphatic heterocycles. The molecule has 2 saturated heterocycles. The molecule has 17 heteroatoms. The molecular formula is C26H30F6N8O2S. The summed E-state index contributed by atoms with van der Waals surface area (Å²) in [6.45, 7) is 3.07. The Bertz CT molecular complexity index is 1550. The molecule has 43 heavy (non-hydrogen) atoms. The number of piperazine rings is 1. The van der Waals surface area contributed by atoms with E-state index in [4.69, 9.17) is 0 Å². The average molecular weight is 633 g/mol. The Morgan fingerprint density at radius 3 is 2.33 bits per heavy atom. The summed E-state index contributed by atoms with van der Waals surface area (Å²) in [5, 5.41) is 2.64. The number of sulfonamides is 1. The van der Waals surface area contributed by atoms with Crippen LogP contribution in [-0.2, 0) is 22.7 Å². The maximum atomic E-state index is 15.1. The average Bonchev–Trinajstić information content (AvgIpc) is 3.39. The van der Waals surface area contributed by atoms with Crippen LogP contribution in [-0.4, -0.2) is 107 Å². The van der Waals surface area contributed by atoms with Crippen molar-refractivity contribution in [1.29, 1.82) is 0 Å². The van der Waals surface area contributed by atoms with E-state index in [1.807, 2.05) is 7.05 Å². The first-order valence-electron chi connectivity index (χ1n) is 13.4. The smallest absolute Gasteiger partial charge is 0.348 e. The lowest BCUT2D eigenvalue weighted by molar-refractivity contribution is -0.137. The fourth-order valence-corrected chi connectivity index (χ4v) is 6.00. The van der Waals surface area contributed by atoms with Gasteiger partial charge in [0.15, 0.2) is 11.6 Å². The number of alkyl halides is 4. The number of hydrogen-bond acceptors (Lipinski definition) is 8. The van der Waals surface area contributed by atoms with Gasteiger partial charge in [-0.1, -0.05) is 0 Å². The molecule has 0 spiro atoms. The molecule has 3 aromatic rings. The molecule has 0 radical (unpaired) electrons. The van der Waals surface area contributed by atoms with Crippen molar-refractivity contribution < 1.29 is 34.8 Å². The number of halogens is 6. The fourth-order valence-electron chi connectivity index (χ4n) is 5.15. The molecule has 2 aliphatic rings. The van der Waals surface area contributed by atoms with E-state index >= 15 is 8.78 Å². The zero-order chi connectivity index (χ0) is 31.1. The van der Waals surface area contributed by atoms with Crippen LogP contribution < -0.4 is 5.32 Å². The number of nitrogens with one attached hydrogen (secondary N) is 1. The van der Waals surface area contributed by atoms with Crippen LogP contribution in [0.2, 0.25) is 0 Å². The highest BCUT2D eigenvalue weighted by Crippen LogP contribution is 2.36. The number of likely N-dealkylation sites (N-methyl/N-ethyl adjacent to an activating group) is 1. The van der Waals surface area contributed by atoms with Crippen molar-refractivity contribution >= 4 is 16.0 Å². The molecule has 234 valence electrons. The van der Waals surface area contributed by atoms with E-state index in [2.05, 4.69) is 30.1 Å². The van der Waals surface area contributed by atoms with E-state index in [9.17, 15) is 26.0 Å². The highest BCUT2D eigenvalue weighted by Gasteiger charge is 2.37. The van der Waals surface area contributed by atoms with Gasteiger partial charge in [0.1, 0.15) is 35.1 Å². The second-order valence-electron chi connectivity index (χ2n) is 10.8. The van der Waals surface area contributed by atoms with Crippen LogP contribution in [0.1, 0.15) is 17.5 Å². The van der Waals surface area contributed by atoms with Crippen molar-refractivity contribution in [2.45, 2.75) is 31.4 Å². The van der Waals surface area contributed by atoms with Gasteiger partial charge in [0.2, 0.25) is 16.0 Å². The highest BCUT2D eigenvalue weighted by molar-refractivity contribution is 7.88. The summed E-state index contributed by atoms with van der Waals surface area (Å²) in [5.74, 6) is -2.17. The summed E-state index contributed by atoms with van der Waals surface area (Å²) in [6, 6.07) is 1.41. The van der Waals surface area contributed by atoms with Gasteiger partial charge in [0, 0.05) is 58.2 Å². The predicted octanol–water partition coefficient (Wildman–Crippen LogP) is 3.16. The summed E-state index contributed by atoms with van der Waals surface area (Å²) in [7, 11) is -1.62. The van der Waals surface area contributed by atoms with Gasteiger partial charge in [-0.3, -0.25) is 4.90 Å². The maximum Gasteiger partial charge on any atom is 0.420 e. The van der Waals surface area contributed by atoms with Crippen LogP contribution in [0.25, 0.3) is 17.1 Å². The van der Waals surface area contributed by atoms with Crippen LogP contribution in [0.5, 0.6) is 0 Å². The SMILES string of the molecule is CN1CCN(Cc2cc(F)c(-n3cnc(-c4nc(N[C@H]5CCN(S(C)(=O)=O)C[C@H]5F)ncc4C(F)(F)F)c3)c(F)c2)CC1. The molecular weight excluding hydrogens is 602 g/mol. The monoisotopic (exact) mass is 632 g/mol. The quantitative estimate of drug-likeness (QED) is 0.397. The van der Waals surface area contributed by atoms with Crippen LogP contribution >= 0.6 is 0 Å². The van der Waals surface area contributed by atoms with Crippen LogP contribution in [0.3, 0.4) is 0 Å². The zero-order valence-corrected chi connectivity index (χ0v) is 24.1. The van der Waals surface area contributed by atoms with Crippen molar-refractivity contribution in [2.75, 3.05) is 57.9 Å². The summed E-state index contributed by atoms with van der Waals surface area (Å²) < 4.78 is 112. The van der Waals surface area contributed by atoms with E-state index in [1.165, 1.54) is 12.1 Å². The molecule has 2 atom stereocenters. The Morgan fingerprint density at radius 1 is 1.05 bits per heavy atom.